The topological polar surface area (TPSA) is 38.1 Å². The zero-order valence-corrected chi connectivity index (χ0v) is 10.3. The molecular weight excluding hydrogens is 212 g/mol. The highest BCUT2D eigenvalue weighted by molar-refractivity contribution is 5.31. The molecule has 3 heteroatoms. The summed E-state index contributed by atoms with van der Waals surface area (Å²) in [5.41, 5.74) is 2.36. The Morgan fingerprint density at radius 2 is 2.29 bits per heavy atom. The third kappa shape index (κ3) is 2.74. The Kier molecular flexibility index (Phi) is 3.94. The van der Waals surface area contributed by atoms with Gasteiger partial charge in [-0.15, -0.1) is 0 Å². The molecule has 0 fully saturated rings. The highest BCUT2D eigenvalue weighted by Gasteiger charge is 2.17. The van der Waals surface area contributed by atoms with Gasteiger partial charge in [-0.05, 0) is 37.6 Å². The number of furan rings is 1. The molecule has 2 aromatic heterocycles. The Morgan fingerprint density at radius 3 is 2.88 bits per heavy atom. The van der Waals surface area contributed by atoms with Crippen molar-refractivity contribution in [2.75, 3.05) is 6.54 Å². The number of aryl methyl sites for hydroxylation is 1. The highest BCUT2D eigenvalue weighted by Crippen LogP contribution is 2.24. The summed E-state index contributed by atoms with van der Waals surface area (Å²) in [7, 11) is 0. The molecule has 0 bridgehead atoms. The van der Waals surface area contributed by atoms with Crippen molar-refractivity contribution in [3.05, 3.63) is 53.7 Å². The van der Waals surface area contributed by atoms with E-state index in [0.717, 1.165) is 18.7 Å². The largest absolute Gasteiger partial charge is 0.469 e. The molecule has 17 heavy (non-hydrogen) atoms. The second-order valence-electron chi connectivity index (χ2n) is 4.11. The normalized spacial score (nSPS) is 12.6. The summed E-state index contributed by atoms with van der Waals surface area (Å²) in [5, 5.41) is 3.53. The zero-order chi connectivity index (χ0) is 12.1. The van der Waals surface area contributed by atoms with Crippen molar-refractivity contribution < 1.29 is 4.42 Å². The molecule has 0 radical (unpaired) electrons. The van der Waals surface area contributed by atoms with Crippen LogP contribution in [0.3, 0.4) is 0 Å². The van der Waals surface area contributed by atoms with Gasteiger partial charge in [0.05, 0.1) is 12.3 Å². The van der Waals surface area contributed by atoms with E-state index in [1.54, 1.807) is 12.5 Å². The first kappa shape index (κ1) is 11.9. The van der Waals surface area contributed by atoms with Gasteiger partial charge in [-0.3, -0.25) is 4.98 Å². The molecule has 0 spiro atoms. The molecule has 0 saturated carbocycles. The van der Waals surface area contributed by atoms with Gasteiger partial charge < -0.3 is 9.73 Å². The Balaban J connectivity index is 2.29. The van der Waals surface area contributed by atoms with Crippen LogP contribution in [0, 0.1) is 6.92 Å². The lowest BCUT2D eigenvalue weighted by Gasteiger charge is -2.18. The van der Waals surface area contributed by atoms with E-state index in [2.05, 4.69) is 23.3 Å². The Morgan fingerprint density at radius 1 is 1.41 bits per heavy atom. The minimum atomic E-state index is 0.169. The third-order valence-corrected chi connectivity index (χ3v) is 2.83. The summed E-state index contributed by atoms with van der Waals surface area (Å²) in [4.78, 5) is 4.18. The van der Waals surface area contributed by atoms with Crippen LogP contribution in [0.5, 0.6) is 0 Å². The number of nitrogens with zero attached hydrogens (tertiary/aromatic N) is 1. The van der Waals surface area contributed by atoms with Gasteiger partial charge in [0.25, 0.3) is 0 Å². The zero-order valence-electron chi connectivity index (χ0n) is 10.3. The fourth-order valence-electron chi connectivity index (χ4n) is 1.94. The van der Waals surface area contributed by atoms with Crippen LogP contribution in [-0.2, 0) is 0 Å². The molecule has 0 aliphatic carbocycles. The SMILES string of the molecule is CCCNC(c1cccnc1)c1ccoc1C. The van der Waals surface area contributed by atoms with E-state index in [9.17, 15) is 0 Å². The van der Waals surface area contributed by atoms with E-state index in [-0.39, 0.29) is 6.04 Å². The number of rotatable bonds is 5. The summed E-state index contributed by atoms with van der Waals surface area (Å²) >= 11 is 0. The van der Waals surface area contributed by atoms with Crippen molar-refractivity contribution in [2.24, 2.45) is 0 Å². The minimum absolute atomic E-state index is 0.169. The van der Waals surface area contributed by atoms with Crippen LogP contribution < -0.4 is 5.32 Å². The van der Waals surface area contributed by atoms with Crippen molar-refractivity contribution in [3.8, 4) is 0 Å². The Bertz CT molecular complexity index is 450. The standard InChI is InChI=1S/C14H18N2O/c1-3-7-16-14(12-5-4-8-15-10-12)13-6-9-17-11(13)2/h4-6,8-10,14,16H,3,7H2,1-2H3. The number of hydrogen-bond acceptors (Lipinski definition) is 3. The number of nitrogens with one attached hydrogen (secondary N) is 1. The molecule has 1 N–H and O–H groups in total. The van der Waals surface area contributed by atoms with Crippen LogP contribution in [-0.4, -0.2) is 11.5 Å². The van der Waals surface area contributed by atoms with Gasteiger partial charge in [0.15, 0.2) is 0 Å². The lowest BCUT2D eigenvalue weighted by atomic mass is 10.0. The molecule has 1 unspecified atom stereocenters. The van der Waals surface area contributed by atoms with Crippen LogP contribution in [0.1, 0.15) is 36.3 Å². The van der Waals surface area contributed by atoms with Crippen molar-refractivity contribution >= 4 is 0 Å². The molecule has 0 saturated heterocycles. The smallest absolute Gasteiger partial charge is 0.105 e. The van der Waals surface area contributed by atoms with E-state index < -0.39 is 0 Å². The molecule has 0 aliphatic heterocycles. The van der Waals surface area contributed by atoms with Crippen molar-refractivity contribution in [3.63, 3.8) is 0 Å². The summed E-state index contributed by atoms with van der Waals surface area (Å²) < 4.78 is 5.39. The van der Waals surface area contributed by atoms with Crippen LogP contribution in [0.25, 0.3) is 0 Å². The van der Waals surface area contributed by atoms with Crippen molar-refractivity contribution in [2.45, 2.75) is 26.3 Å². The Hall–Kier alpha value is -1.61. The lowest BCUT2D eigenvalue weighted by molar-refractivity contribution is 0.517. The molecule has 0 aliphatic rings. The first-order valence-electron chi connectivity index (χ1n) is 6.00. The molecule has 0 aromatic carbocycles. The van der Waals surface area contributed by atoms with Crippen molar-refractivity contribution in [1.82, 2.24) is 10.3 Å². The van der Waals surface area contributed by atoms with Crippen LogP contribution in [0.2, 0.25) is 0 Å². The number of pyridine rings is 1. The maximum Gasteiger partial charge on any atom is 0.105 e. The van der Waals surface area contributed by atoms with Gasteiger partial charge in [-0.1, -0.05) is 13.0 Å². The van der Waals surface area contributed by atoms with E-state index in [0.29, 0.717) is 0 Å². The predicted molar refractivity (Wildman–Crippen MR) is 67.8 cm³/mol. The average Bonchev–Trinajstić information content (AvgIpc) is 2.78. The molecule has 90 valence electrons. The molecule has 2 heterocycles. The average molecular weight is 230 g/mol. The third-order valence-electron chi connectivity index (χ3n) is 2.83. The fraction of sp³-hybridized carbons (Fsp3) is 0.357. The van der Waals surface area contributed by atoms with Gasteiger partial charge in [0.2, 0.25) is 0 Å². The van der Waals surface area contributed by atoms with Gasteiger partial charge in [-0.2, -0.15) is 0 Å². The van der Waals surface area contributed by atoms with E-state index in [4.69, 9.17) is 4.42 Å². The lowest BCUT2D eigenvalue weighted by Crippen LogP contribution is -2.23. The maximum atomic E-state index is 5.39. The first-order valence-corrected chi connectivity index (χ1v) is 6.00. The number of hydrogen-bond donors (Lipinski definition) is 1. The van der Waals surface area contributed by atoms with Gasteiger partial charge >= 0.3 is 0 Å². The second kappa shape index (κ2) is 5.64. The van der Waals surface area contributed by atoms with E-state index >= 15 is 0 Å². The van der Waals surface area contributed by atoms with E-state index in [1.807, 2.05) is 25.3 Å². The predicted octanol–water partition coefficient (Wildman–Crippen LogP) is 3.07. The van der Waals surface area contributed by atoms with Gasteiger partial charge in [0, 0.05) is 18.0 Å². The second-order valence-corrected chi connectivity index (χ2v) is 4.11. The number of aromatic nitrogens is 1. The van der Waals surface area contributed by atoms with E-state index in [1.165, 1.54) is 11.1 Å². The van der Waals surface area contributed by atoms with Crippen LogP contribution in [0.4, 0.5) is 0 Å². The van der Waals surface area contributed by atoms with Gasteiger partial charge in [-0.25, -0.2) is 0 Å². The first-order chi connectivity index (χ1) is 8.33. The summed E-state index contributed by atoms with van der Waals surface area (Å²) in [6.45, 7) is 5.13. The summed E-state index contributed by atoms with van der Waals surface area (Å²) in [5.74, 6) is 0.961. The van der Waals surface area contributed by atoms with Crippen LogP contribution in [0.15, 0.2) is 41.3 Å². The van der Waals surface area contributed by atoms with Gasteiger partial charge in [0.1, 0.15) is 5.76 Å². The minimum Gasteiger partial charge on any atom is -0.469 e. The molecule has 0 amide bonds. The molecule has 2 aromatic rings. The molecular formula is C14H18N2O. The summed E-state index contributed by atoms with van der Waals surface area (Å²) in [6.07, 6.45) is 6.54. The van der Waals surface area contributed by atoms with Crippen LogP contribution >= 0.6 is 0 Å². The molecule has 2 rings (SSSR count). The quantitative estimate of drug-likeness (QED) is 0.857. The monoisotopic (exact) mass is 230 g/mol. The fourth-order valence-corrected chi connectivity index (χ4v) is 1.94. The maximum absolute atomic E-state index is 5.39. The molecule has 3 nitrogen and oxygen atoms in total. The highest BCUT2D eigenvalue weighted by atomic mass is 16.3. The van der Waals surface area contributed by atoms with Crippen molar-refractivity contribution in [1.29, 1.82) is 0 Å². The Labute approximate surface area is 102 Å². The summed E-state index contributed by atoms with van der Waals surface area (Å²) in [6, 6.07) is 6.25. The molecule has 1 atom stereocenters.